The summed E-state index contributed by atoms with van der Waals surface area (Å²) in [5.74, 6) is 0. The maximum absolute atomic E-state index is 12.1. The molecular weight excluding hydrogens is 681 g/mol. The summed E-state index contributed by atoms with van der Waals surface area (Å²) >= 11 is 0. The molecule has 0 saturated heterocycles. The van der Waals surface area contributed by atoms with E-state index in [0.29, 0.717) is 24.5 Å². The Labute approximate surface area is 271 Å². The molecule has 46 heavy (non-hydrogen) atoms. The number of benzene rings is 4. The predicted octanol–water partition coefficient (Wildman–Crippen LogP) is 4.67. The van der Waals surface area contributed by atoms with Gasteiger partial charge in [-0.05, 0) is 60.6 Å². The Morgan fingerprint density at radius 2 is 0.826 bits per heavy atom. The second-order valence-electron chi connectivity index (χ2n) is 9.90. The molecule has 0 aromatic heterocycles. The zero-order valence-electron chi connectivity index (χ0n) is 25.2. The van der Waals surface area contributed by atoms with Crippen molar-refractivity contribution in [1.29, 1.82) is 0 Å². The lowest BCUT2D eigenvalue weighted by molar-refractivity contribution is 0.482. The molecule has 0 atom stereocenters. The van der Waals surface area contributed by atoms with Gasteiger partial charge < -0.3 is 0 Å². The third-order valence-corrected chi connectivity index (χ3v) is 6.62. The minimum absolute atomic E-state index is 0.0476. The lowest BCUT2D eigenvalue weighted by atomic mass is 9.98. The molecule has 0 saturated carbocycles. The molecule has 0 spiro atoms. The van der Waals surface area contributed by atoms with E-state index in [-0.39, 0.29) is 4.90 Å². The highest BCUT2D eigenvalue weighted by Gasteiger charge is 2.17. The maximum Gasteiger partial charge on any atom is 0.425 e. The van der Waals surface area contributed by atoms with Gasteiger partial charge >= 0.3 is 10.6 Å². The first-order valence-electron chi connectivity index (χ1n) is 13.0. The molecule has 0 aliphatic carbocycles. The Morgan fingerprint density at radius 1 is 0.522 bits per heavy atom. The van der Waals surface area contributed by atoms with E-state index in [1.54, 1.807) is 12.1 Å². The van der Waals surface area contributed by atoms with Crippen LogP contribution in [0.3, 0.4) is 0 Å². The zero-order chi connectivity index (χ0) is 35.3. The van der Waals surface area contributed by atoms with Crippen molar-refractivity contribution < 1.29 is 51.5 Å². The van der Waals surface area contributed by atoms with E-state index in [1.807, 2.05) is 37.3 Å². The van der Waals surface area contributed by atoms with Gasteiger partial charge in [0.25, 0.3) is 30.4 Å². The molecule has 3 N–H and O–H groups in total. The first kappa shape index (κ1) is 40.3. The van der Waals surface area contributed by atoms with Gasteiger partial charge in [-0.3, -0.25) is 13.7 Å². The fraction of sp³-hybridized carbons (Fsp3) is 0.200. The van der Waals surface area contributed by atoms with E-state index in [4.69, 9.17) is 21.7 Å². The topological polar surface area (TPSA) is 214 Å². The molecular formula is C30H34O12S4. The molecule has 0 unspecified atom stereocenters. The Bertz CT molecular complexity index is 1970. The highest BCUT2D eigenvalue weighted by atomic mass is 32.2. The fourth-order valence-corrected chi connectivity index (χ4v) is 4.57. The second kappa shape index (κ2) is 17.8. The summed E-state index contributed by atoms with van der Waals surface area (Å²) in [7, 11) is -14.8. The Morgan fingerprint density at radius 3 is 1.20 bits per heavy atom. The number of aryl methyl sites for hydroxylation is 4. The van der Waals surface area contributed by atoms with E-state index in [0.717, 1.165) is 23.1 Å². The largest absolute Gasteiger partial charge is 0.425 e. The van der Waals surface area contributed by atoms with E-state index < -0.39 is 41.0 Å². The molecule has 0 aliphatic heterocycles. The molecule has 4 aromatic rings. The van der Waals surface area contributed by atoms with Crippen molar-refractivity contribution in [2.24, 2.45) is 0 Å². The normalized spacial score (nSPS) is 11.0. The quantitative estimate of drug-likeness (QED) is 0.232. The lowest BCUT2D eigenvalue weighted by Gasteiger charge is -2.11. The van der Waals surface area contributed by atoms with Crippen LogP contribution in [0.2, 0.25) is 0 Å². The smallest absolute Gasteiger partial charge is 0.286 e. The highest BCUT2D eigenvalue weighted by molar-refractivity contribution is 7.86. The average Bonchev–Trinajstić information content (AvgIpc) is 2.90. The van der Waals surface area contributed by atoms with E-state index in [1.165, 1.54) is 22.3 Å². The van der Waals surface area contributed by atoms with Gasteiger partial charge in [0.2, 0.25) is 0 Å². The monoisotopic (exact) mass is 714 g/mol. The third kappa shape index (κ3) is 18.3. The summed E-state index contributed by atoms with van der Waals surface area (Å²) in [5, 5.41) is 0. The second-order valence-corrected chi connectivity index (χ2v) is 14.6. The highest BCUT2D eigenvalue weighted by Crippen LogP contribution is 2.29. The predicted molar refractivity (Wildman–Crippen MR) is 175 cm³/mol. The molecule has 250 valence electrons. The van der Waals surface area contributed by atoms with Crippen molar-refractivity contribution in [3.8, 4) is 22.3 Å². The first-order chi connectivity index (χ1) is 21.0. The molecule has 0 amide bonds. The van der Waals surface area contributed by atoms with E-state index >= 15 is 0 Å². The van der Waals surface area contributed by atoms with Crippen LogP contribution in [0.5, 0.6) is 0 Å². The zero-order valence-corrected chi connectivity index (χ0v) is 28.5. The molecule has 4 rings (SSSR count). The van der Waals surface area contributed by atoms with Crippen molar-refractivity contribution in [1.82, 2.24) is 0 Å². The summed E-state index contributed by atoms with van der Waals surface area (Å²) in [4.78, 5) is -0.0476. The van der Waals surface area contributed by atoms with Gasteiger partial charge in [0.15, 0.2) is 0 Å². The van der Waals surface area contributed by atoms with E-state index in [9.17, 15) is 29.8 Å². The third-order valence-electron chi connectivity index (χ3n) is 5.73. The van der Waals surface area contributed by atoms with Crippen LogP contribution in [-0.2, 0) is 53.8 Å². The molecule has 0 bridgehead atoms. The summed E-state index contributed by atoms with van der Waals surface area (Å²) in [6, 6.07) is 29.8. The standard InChI is InChI=1S/C28H26O3S.2CH4O3S.O3S/c1-20-3-12-24(13-4-20)25-16-9-22(10-17-25)7-8-23-11-18-27(28(19-23)32(29,30)31)26-14-5-21(2)6-15-26;2*1-5(2,3)4;1-4(2)3/h3-6,9-19H,7-8H2,1-2H3,(H,29,30,31);2*1H3,(H,2,3,4);. The SMILES string of the molecule is CS(=O)(=O)O.CS(=O)(=O)O.Cc1ccc(-c2ccc(CCc3ccc(-c4ccc(C)cc4)c(S(=O)(=O)O)c3)cc2)cc1.O=S(=O)=O. The molecule has 4 aromatic carbocycles. The van der Waals surface area contributed by atoms with Gasteiger partial charge in [-0.2, -0.15) is 25.3 Å². The van der Waals surface area contributed by atoms with Crippen molar-refractivity contribution in [2.45, 2.75) is 31.6 Å². The number of rotatable bonds is 6. The van der Waals surface area contributed by atoms with Crippen LogP contribution < -0.4 is 0 Å². The van der Waals surface area contributed by atoms with Gasteiger partial charge in [-0.15, -0.1) is 12.6 Å². The lowest BCUT2D eigenvalue weighted by Crippen LogP contribution is -2.03. The minimum Gasteiger partial charge on any atom is -0.286 e. The van der Waals surface area contributed by atoms with Crippen molar-refractivity contribution in [3.63, 3.8) is 0 Å². The first-order valence-corrected chi connectivity index (χ1v) is 19.1. The Balaban J connectivity index is 0.000000636. The van der Waals surface area contributed by atoms with Crippen molar-refractivity contribution in [2.75, 3.05) is 12.5 Å². The van der Waals surface area contributed by atoms with Crippen LogP contribution >= 0.6 is 0 Å². The Hall–Kier alpha value is -3.77. The number of hydrogen-bond acceptors (Lipinski definition) is 9. The summed E-state index contributed by atoms with van der Waals surface area (Å²) < 4.78 is 111. The summed E-state index contributed by atoms with van der Waals surface area (Å²) in [6.45, 7) is 4.05. The summed E-state index contributed by atoms with van der Waals surface area (Å²) in [6.07, 6.45) is 2.89. The average molecular weight is 715 g/mol. The van der Waals surface area contributed by atoms with Gasteiger partial charge in [0, 0.05) is 5.56 Å². The van der Waals surface area contributed by atoms with Gasteiger partial charge in [0.05, 0.1) is 12.5 Å². The molecule has 0 radical (unpaired) electrons. The maximum atomic E-state index is 12.1. The molecule has 0 fully saturated rings. The number of hydrogen-bond donors (Lipinski definition) is 3. The fourth-order valence-electron chi connectivity index (χ4n) is 3.81. The van der Waals surface area contributed by atoms with Gasteiger partial charge in [-0.25, -0.2) is 0 Å². The molecule has 12 nitrogen and oxygen atoms in total. The molecule has 16 heteroatoms. The van der Waals surface area contributed by atoms with Crippen LogP contribution in [-0.4, -0.2) is 64.0 Å². The van der Waals surface area contributed by atoms with Crippen LogP contribution in [0, 0.1) is 13.8 Å². The Kier molecular flexibility index (Phi) is 15.6. The van der Waals surface area contributed by atoms with E-state index in [2.05, 4.69) is 55.5 Å². The molecule has 0 aliphatic rings. The van der Waals surface area contributed by atoms with Gasteiger partial charge in [-0.1, -0.05) is 96.1 Å². The van der Waals surface area contributed by atoms with Crippen LogP contribution in [0.15, 0.2) is 95.9 Å². The summed E-state index contributed by atoms with van der Waals surface area (Å²) in [5.41, 5.74) is 8.01. The van der Waals surface area contributed by atoms with Crippen LogP contribution in [0.25, 0.3) is 22.3 Å². The van der Waals surface area contributed by atoms with Crippen molar-refractivity contribution >= 4 is 41.0 Å². The minimum atomic E-state index is -4.34. The van der Waals surface area contributed by atoms with Crippen molar-refractivity contribution in [3.05, 3.63) is 113 Å². The van der Waals surface area contributed by atoms with Crippen LogP contribution in [0.1, 0.15) is 22.3 Å². The van der Waals surface area contributed by atoms with Gasteiger partial charge in [0.1, 0.15) is 4.90 Å². The molecule has 0 heterocycles. The van der Waals surface area contributed by atoms with Crippen LogP contribution in [0.4, 0.5) is 0 Å².